The standard InChI is InChI=1S/C17H26Cl2N2O2S/c1-17(2,3)24(22,23)21-13-6-4-12(5-7-13)11-20-14-8-9-15(18)16(19)10-14/h8-10,12-13,20-21H,4-7,11H2,1-3H3. The Morgan fingerprint density at radius 1 is 1.08 bits per heavy atom. The van der Waals surface area contributed by atoms with Gasteiger partial charge in [-0.25, -0.2) is 13.1 Å². The van der Waals surface area contributed by atoms with Crippen LogP contribution in [0.2, 0.25) is 10.0 Å². The van der Waals surface area contributed by atoms with Crippen molar-refractivity contribution < 1.29 is 8.42 Å². The molecule has 0 aliphatic heterocycles. The van der Waals surface area contributed by atoms with Crippen molar-refractivity contribution in [2.45, 2.75) is 57.2 Å². The second kappa shape index (κ2) is 7.81. The van der Waals surface area contributed by atoms with E-state index in [1.54, 1.807) is 26.8 Å². The maximum absolute atomic E-state index is 12.2. The van der Waals surface area contributed by atoms with E-state index in [1.807, 2.05) is 12.1 Å². The molecule has 2 N–H and O–H groups in total. The highest BCUT2D eigenvalue weighted by molar-refractivity contribution is 7.90. The second-order valence-electron chi connectivity index (χ2n) is 7.46. The number of nitrogens with one attached hydrogen (secondary N) is 2. The SMILES string of the molecule is CC(C)(C)S(=O)(=O)NC1CCC(CNc2ccc(Cl)c(Cl)c2)CC1. The zero-order chi connectivity index (χ0) is 18.0. The average Bonchev–Trinajstić information content (AvgIpc) is 2.48. The summed E-state index contributed by atoms with van der Waals surface area (Å²) >= 11 is 11.9. The van der Waals surface area contributed by atoms with Crippen LogP contribution in [0.4, 0.5) is 5.69 Å². The summed E-state index contributed by atoms with van der Waals surface area (Å²) in [4.78, 5) is 0. The van der Waals surface area contributed by atoms with Crippen molar-refractivity contribution in [2.75, 3.05) is 11.9 Å². The predicted molar refractivity (Wildman–Crippen MR) is 103 cm³/mol. The molecule has 0 spiro atoms. The van der Waals surface area contributed by atoms with Crippen molar-refractivity contribution in [3.63, 3.8) is 0 Å². The van der Waals surface area contributed by atoms with Gasteiger partial charge in [-0.1, -0.05) is 23.2 Å². The minimum Gasteiger partial charge on any atom is -0.385 e. The Hall–Kier alpha value is -0.490. The summed E-state index contributed by atoms with van der Waals surface area (Å²) in [5, 5.41) is 4.48. The monoisotopic (exact) mass is 392 g/mol. The number of hydrogen-bond acceptors (Lipinski definition) is 3. The van der Waals surface area contributed by atoms with Crippen LogP contribution in [-0.2, 0) is 10.0 Å². The van der Waals surface area contributed by atoms with Crippen molar-refractivity contribution in [1.29, 1.82) is 0 Å². The molecule has 1 aliphatic rings. The van der Waals surface area contributed by atoms with Gasteiger partial charge >= 0.3 is 0 Å². The molecule has 0 unspecified atom stereocenters. The summed E-state index contributed by atoms with van der Waals surface area (Å²) in [5.74, 6) is 0.537. The van der Waals surface area contributed by atoms with E-state index in [4.69, 9.17) is 23.2 Å². The summed E-state index contributed by atoms with van der Waals surface area (Å²) in [5.41, 5.74) is 0.958. The van der Waals surface area contributed by atoms with Crippen molar-refractivity contribution in [1.82, 2.24) is 4.72 Å². The van der Waals surface area contributed by atoms with E-state index in [0.717, 1.165) is 37.9 Å². The van der Waals surface area contributed by atoms with E-state index in [2.05, 4.69) is 10.0 Å². The molecule has 1 fully saturated rings. The Kier molecular flexibility index (Phi) is 6.46. The summed E-state index contributed by atoms with van der Waals surface area (Å²) in [6.45, 7) is 6.03. The lowest BCUT2D eigenvalue weighted by molar-refractivity contribution is 0.322. The normalized spacial score (nSPS) is 22.4. The summed E-state index contributed by atoms with van der Waals surface area (Å²) in [6, 6.07) is 5.57. The molecule has 0 heterocycles. The summed E-state index contributed by atoms with van der Waals surface area (Å²) in [7, 11) is -3.27. The third-order valence-electron chi connectivity index (χ3n) is 4.49. The van der Waals surface area contributed by atoms with Crippen molar-refractivity contribution in [2.24, 2.45) is 5.92 Å². The molecule has 0 atom stereocenters. The van der Waals surface area contributed by atoms with E-state index >= 15 is 0 Å². The minimum absolute atomic E-state index is 0.0513. The van der Waals surface area contributed by atoms with Crippen molar-refractivity contribution in [3.8, 4) is 0 Å². The number of hydrogen-bond donors (Lipinski definition) is 2. The van der Waals surface area contributed by atoms with Crippen LogP contribution in [0, 0.1) is 5.92 Å². The van der Waals surface area contributed by atoms with E-state index in [1.165, 1.54) is 0 Å². The lowest BCUT2D eigenvalue weighted by Crippen LogP contribution is -2.46. The molecule has 1 aliphatic carbocycles. The largest absolute Gasteiger partial charge is 0.385 e. The van der Waals surface area contributed by atoms with E-state index in [0.29, 0.717) is 16.0 Å². The molecule has 0 aromatic heterocycles. The third-order valence-corrected chi connectivity index (χ3v) is 7.48. The Bertz CT molecular complexity index is 664. The molecule has 4 nitrogen and oxygen atoms in total. The summed E-state index contributed by atoms with van der Waals surface area (Å²) in [6.07, 6.45) is 3.77. The van der Waals surface area contributed by atoms with Crippen LogP contribution in [0.15, 0.2) is 18.2 Å². The van der Waals surface area contributed by atoms with Gasteiger partial charge in [-0.15, -0.1) is 0 Å². The van der Waals surface area contributed by atoms with Gasteiger partial charge in [-0.3, -0.25) is 0 Å². The first-order valence-electron chi connectivity index (χ1n) is 8.29. The van der Waals surface area contributed by atoms with Crippen LogP contribution in [0.1, 0.15) is 46.5 Å². The van der Waals surface area contributed by atoms with E-state index in [9.17, 15) is 8.42 Å². The van der Waals surface area contributed by atoms with Gasteiger partial charge in [0.2, 0.25) is 10.0 Å². The molecule has 7 heteroatoms. The van der Waals surface area contributed by atoms with Gasteiger partial charge in [0.15, 0.2) is 0 Å². The first-order chi connectivity index (χ1) is 11.1. The second-order valence-corrected chi connectivity index (χ2v) is 10.7. The van der Waals surface area contributed by atoms with Crippen LogP contribution in [-0.4, -0.2) is 25.8 Å². The van der Waals surface area contributed by atoms with E-state index < -0.39 is 14.8 Å². The third kappa shape index (κ3) is 5.25. The smallest absolute Gasteiger partial charge is 0.216 e. The van der Waals surface area contributed by atoms with Gasteiger partial charge in [0.25, 0.3) is 0 Å². The van der Waals surface area contributed by atoms with Gasteiger partial charge in [-0.05, 0) is 70.6 Å². The van der Waals surface area contributed by atoms with Crippen LogP contribution in [0.5, 0.6) is 0 Å². The number of sulfonamides is 1. The molecular formula is C17H26Cl2N2O2S. The maximum atomic E-state index is 12.2. The van der Waals surface area contributed by atoms with Gasteiger partial charge in [-0.2, -0.15) is 0 Å². The Labute approximate surface area is 155 Å². The number of halogens is 2. The quantitative estimate of drug-likeness (QED) is 0.764. The van der Waals surface area contributed by atoms with Crippen LogP contribution >= 0.6 is 23.2 Å². The molecule has 1 saturated carbocycles. The minimum atomic E-state index is -3.27. The molecule has 2 rings (SSSR count). The molecular weight excluding hydrogens is 367 g/mol. The van der Waals surface area contributed by atoms with Crippen molar-refractivity contribution in [3.05, 3.63) is 28.2 Å². The highest BCUT2D eigenvalue weighted by Crippen LogP contribution is 2.28. The first kappa shape index (κ1) is 19.8. The first-order valence-corrected chi connectivity index (χ1v) is 10.5. The number of benzene rings is 1. The molecule has 136 valence electrons. The van der Waals surface area contributed by atoms with Crippen LogP contribution < -0.4 is 10.0 Å². The molecule has 0 amide bonds. The van der Waals surface area contributed by atoms with Gasteiger partial charge in [0, 0.05) is 18.3 Å². The Morgan fingerprint density at radius 3 is 2.25 bits per heavy atom. The average molecular weight is 393 g/mol. The fourth-order valence-electron chi connectivity index (χ4n) is 2.75. The molecule has 1 aromatic carbocycles. The maximum Gasteiger partial charge on any atom is 0.216 e. The number of rotatable bonds is 5. The van der Waals surface area contributed by atoms with Crippen LogP contribution in [0.3, 0.4) is 0 Å². The molecule has 0 bridgehead atoms. The zero-order valence-electron chi connectivity index (χ0n) is 14.4. The lowest BCUT2D eigenvalue weighted by Gasteiger charge is -2.31. The topological polar surface area (TPSA) is 58.2 Å². The van der Waals surface area contributed by atoms with Crippen LogP contribution in [0.25, 0.3) is 0 Å². The fraction of sp³-hybridized carbons (Fsp3) is 0.647. The Balaban J connectivity index is 1.80. The van der Waals surface area contributed by atoms with Gasteiger partial charge < -0.3 is 5.32 Å². The number of anilines is 1. The van der Waals surface area contributed by atoms with Gasteiger partial charge in [0.1, 0.15) is 0 Å². The van der Waals surface area contributed by atoms with Gasteiger partial charge in [0.05, 0.1) is 14.8 Å². The highest BCUT2D eigenvalue weighted by atomic mass is 35.5. The summed E-state index contributed by atoms with van der Waals surface area (Å²) < 4.78 is 26.5. The van der Waals surface area contributed by atoms with Crippen molar-refractivity contribution >= 4 is 38.9 Å². The fourth-order valence-corrected chi connectivity index (χ4v) is 4.08. The predicted octanol–water partition coefficient (Wildman–Crippen LogP) is 4.68. The molecule has 0 saturated heterocycles. The zero-order valence-corrected chi connectivity index (χ0v) is 16.7. The molecule has 24 heavy (non-hydrogen) atoms. The molecule has 0 radical (unpaired) electrons. The lowest BCUT2D eigenvalue weighted by atomic mass is 9.86. The van der Waals surface area contributed by atoms with E-state index in [-0.39, 0.29) is 6.04 Å². The Morgan fingerprint density at radius 2 is 1.71 bits per heavy atom. The highest BCUT2D eigenvalue weighted by Gasteiger charge is 2.32. The molecule has 1 aromatic rings.